The summed E-state index contributed by atoms with van der Waals surface area (Å²) in [7, 11) is 0. The zero-order chi connectivity index (χ0) is 13.8. The third-order valence-corrected chi connectivity index (χ3v) is 4.05. The minimum atomic E-state index is -1.12. The van der Waals surface area contributed by atoms with Gasteiger partial charge in [-0.25, -0.2) is 0 Å². The Labute approximate surface area is 120 Å². The van der Waals surface area contributed by atoms with Crippen molar-refractivity contribution in [3.63, 3.8) is 0 Å². The molecule has 1 aliphatic carbocycles. The van der Waals surface area contributed by atoms with Crippen molar-refractivity contribution in [2.75, 3.05) is 5.32 Å². The fraction of sp³-hybridized carbons (Fsp3) is 0.429. The van der Waals surface area contributed by atoms with Crippen LogP contribution in [0.4, 0.5) is 5.69 Å². The molecular formula is C14H15BrNO3-. The Bertz CT molecular complexity index is 472. The van der Waals surface area contributed by atoms with Crippen LogP contribution in [0, 0.1) is 11.8 Å². The van der Waals surface area contributed by atoms with E-state index < -0.39 is 17.8 Å². The molecule has 0 heterocycles. The van der Waals surface area contributed by atoms with E-state index >= 15 is 0 Å². The minimum absolute atomic E-state index is 0.226. The Morgan fingerprint density at radius 3 is 2.26 bits per heavy atom. The molecule has 1 aromatic carbocycles. The van der Waals surface area contributed by atoms with Gasteiger partial charge in [-0.15, -0.1) is 0 Å². The molecule has 1 aromatic rings. The summed E-state index contributed by atoms with van der Waals surface area (Å²) in [6.07, 6.45) is 2.88. The number of carboxylic acids is 1. The van der Waals surface area contributed by atoms with Crippen LogP contribution >= 0.6 is 15.9 Å². The van der Waals surface area contributed by atoms with E-state index in [4.69, 9.17) is 0 Å². The normalized spacial score (nSPS) is 22.8. The van der Waals surface area contributed by atoms with Crippen molar-refractivity contribution in [3.8, 4) is 0 Å². The summed E-state index contributed by atoms with van der Waals surface area (Å²) in [4.78, 5) is 23.2. The molecule has 0 spiro atoms. The monoisotopic (exact) mass is 324 g/mol. The van der Waals surface area contributed by atoms with Crippen molar-refractivity contribution >= 4 is 33.5 Å². The predicted molar refractivity (Wildman–Crippen MR) is 73.2 cm³/mol. The van der Waals surface area contributed by atoms with Crippen molar-refractivity contribution in [2.24, 2.45) is 11.8 Å². The lowest BCUT2D eigenvalue weighted by Crippen LogP contribution is -2.42. The molecule has 19 heavy (non-hydrogen) atoms. The van der Waals surface area contributed by atoms with Gasteiger partial charge in [-0.2, -0.15) is 0 Å². The minimum Gasteiger partial charge on any atom is -0.550 e. The summed E-state index contributed by atoms with van der Waals surface area (Å²) in [6, 6.07) is 7.21. The van der Waals surface area contributed by atoms with Gasteiger partial charge in [-0.1, -0.05) is 28.8 Å². The zero-order valence-corrected chi connectivity index (χ0v) is 12.0. The Morgan fingerprint density at radius 1 is 1.11 bits per heavy atom. The van der Waals surface area contributed by atoms with Gasteiger partial charge in [-0.05, 0) is 37.1 Å². The average Bonchev–Trinajstić information content (AvgIpc) is 2.41. The van der Waals surface area contributed by atoms with Crippen molar-refractivity contribution in [2.45, 2.75) is 25.7 Å². The predicted octanol–water partition coefficient (Wildman–Crippen LogP) is 1.94. The van der Waals surface area contributed by atoms with E-state index in [-0.39, 0.29) is 5.91 Å². The second-order valence-corrected chi connectivity index (χ2v) is 5.73. The molecule has 2 atom stereocenters. The summed E-state index contributed by atoms with van der Waals surface area (Å²) >= 11 is 3.32. The topological polar surface area (TPSA) is 69.2 Å². The zero-order valence-electron chi connectivity index (χ0n) is 10.4. The van der Waals surface area contributed by atoms with Crippen molar-refractivity contribution < 1.29 is 14.7 Å². The molecule has 1 N–H and O–H groups in total. The first-order valence-electron chi connectivity index (χ1n) is 6.35. The van der Waals surface area contributed by atoms with E-state index in [2.05, 4.69) is 21.2 Å². The lowest BCUT2D eigenvalue weighted by molar-refractivity contribution is -0.313. The van der Waals surface area contributed by atoms with Crippen LogP contribution in [0.15, 0.2) is 28.7 Å². The number of carbonyl (C=O) groups excluding carboxylic acids is 2. The van der Waals surface area contributed by atoms with Gasteiger partial charge in [0.05, 0.1) is 0 Å². The van der Waals surface area contributed by atoms with Crippen molar-refractivity contribution in [1.29, 1.82) is 0 Å². The first-order valence-corrected chi connectivity index (χ1v) is 7.14. The smallest absolute Gasteiger partial charge is 0.228 e. The lowest BCUT2D eigenvalue weighted by atomic mass is 9.78. The van der Waals surface area contributed by atoms with E-state index in [0.717, 1.165) is 17.3 Å². The molecule has 5 heteroatoms. The van der Waals surface area contributed by atoms with Gasteiger partial charge in [0.25, 0.3) is 0 Å². The maximum Gasteiger partial charge on any atom is 0.228 e. The van der Waals surface area contributed by atoms with Crippen LogP contribution in [0.1, 0.15) is 25.7 Å². The highest BCUT2D eigenvalue weighted by molar-refractivity contribution is 9.10. The Hall–Kier alpha value is -1.36. The standard InChI is InChI=1S/C14H16BrNO3/c15-9-5-7-10(8-6-9)16-13(17)11-3-1-2-4-12(11)14(18)19/h5-8,11-12H,1-4H2,(H,16,17)(H,18,19)/p-1/t11-,12+/m1/s1. The van der Waals surface area contributed by atoms with Gasteiger partial charge in [0, 0.05) is 28.0 Å². The van der Waals surface area contributed by atoms with Crippen LogP contribution in [0.2, 0.25) is 0 Å². The van der Waals surface area contributed by atoms with Crippen molar-refractivity contribution in [3.05, 3.63) is 28.7 Å². The van der Waals surface area contributed by atoms with E-state index in [1.807, 2.05) is 12.1 Å². The average molecular weight is 325 g/mol. The van der Waals surface area contributed by atoms with Crippen LogP contribution in [-0.4, -0.2) is 11.9 Å². The van der Waals surface area contributed by atoms with Gasteiger partial charge in [-0.3, -0.25) is 4.79 Å². The van der Waals surface area contributed by atoms with Crippen LogP contribution < -0.4 is 10.4 Å². The molecule has 0 aromatic heterocycles. The molecule has 0 aliphatic heterocycles. The molecular weight excluding hydrogens is 310 g/mol. The highest BCUT2D eigenvalue weighted by atomic mass is 79.9. The molecule has 0 saturated heterocycles. The molecule has 4 nitrogen and oxygen atoms in total. The fourth-order valence-electron chi connectivity index (χ4n) is 2.49. The highest BCUT2D eigenvalue weighted by Crippen LogP contribution is 2.30. The number of rotatable bonds is 3. The second kappa shape index (κ2) is 6.19. The number of carbonyl (C=O) groups is 2. The van der Waals surface area contributed by atoms with Crippen LogP contribution in [0.5, 0.6) is 0 Å². The molecule has 0 unspecified atom stereocenters. The fourth-order valence-corrected chi connectivity index (χ4v) is 2.76. The first-order chi connectivity index (χ1) is 9.08. The molecule has 1 fully saturated rings. The highest BCUT2D eigenvalue weighted by Gasteiger charge is 2.31. The van der Waals surface area contributed by atoms with Crippen LogP contribution in [0.25, 0.3) is 0 Å². The van der Waals surface area contributed by atoms with Crippen molar-refractivity contribution in [1.82, 2.24) is 0 Å². The van der Waals surface area contributed by atoms with Gasteiger partial charge in [0.1, 0.15) is 0 Å². The van der Waals surface area contributed by atoms with Gasteiger partial charge >= 0.3 is 0 Å². The number of anilines is 1. The number of nitrogens with one attached hydrogen (secondary N) is 1. The number of amides is 1. The van der Waals surface area contributed by atoms with Crippen LogP contribution in [0.3, 0.4) is 0 Å². The van der Waals surface area contributed by atoms with Gasteiger partial charge in [0.2, 0.25) is 5.91 Å². The van der Waals surface area contributed by atoms with E-state index in [1.165, 1.54) is 0 Å². The molecule has 0 radical (unpaired) electrons. The molecule has 102 valence electrons. The number of aliphatic carboxylic acids is 1. The Balaban J connectivity index is 2.05. The third kappa shape index (κ3) is 3.56. The number of benzene rings is 1. The van der Waals surface area contributed by atoms with Gasteiger partial charge < -0.3 is 15.2 Å². The third-order valence-electron chi connectivity index (χ3n) is 3.52. The summed E-state index contributed by atoms with van der Waals surface area (Å²) < 4.78 is 0.927. The number of hydrogen-bond acceptors (Lipinski definition) is 3. The molecule has 2 rings (SSSR count). The summed E-state index contributed by atoms with van der Waals surface area (Å²) in [5.74, 6) is -2.49. The van der Waals surface area contributed by atoms with E-state index in [1.54, 1.807) is 12.1 Å². The Kier molecular flexibility index (Phi) is 4.58. The summed E-state index contributed by atoms with van der Waals surface area (Å²) in [6.45, 7) is 0. The summed E-state index contributed by atoms with van der Waals surface area (Å²) in [5.41, 5.74) is 0.677. The Morgan fingerprint density at radius 2 is 1.68 bits per heavy atom. The van der Waals surface area contributed by atoms with E-state index in [9.17, 15) is 14.7 Å². The van der Waals surface area contributed by atoms with E-state index in [0.29, 0.717) is 18.5 Å². The number of hydrogen-bond donors (Lipinski definition) is 1. The molecule has 0 bridgehead atoms. The summed E-state index contributed by atoms with van der Waals surface area (Å²) in [5, 5.41) is 13.8. The second-order valence-electron chi connectivity index (χ2n) is 4.81. The quantitative estimate of drug-likeness (QED) is 0.923. The maximum atomic E-state index is 12.2. The first kappa shape index (κ1) is 14.1. The maximum absolute atomic E-state index is 12.2. The molecule has 1 amide bonds. The lowest BCUT2D eigenvalue weighted by Gasteiger charge is -2.31. The molecule has 1 saturated carbocycles. The largest absolute Gasteiger partial charge is 0.550 e. The number of carboxylic acid groups (broad SMARTS) is 1. The van der Waals surface area contributed by atoms with Gasteiger partial charge in [0.15, 0.2) is 0 Å². The number of halogens is 1. The molecule has 1 aliphatic rings. The SMILES string of the molecule is O=C([O-])[C@H]1CCCC[C@H]1C(=O)Nc1ccc(Br)cc1. The van der Waals surface area contributed by atoms with Crippen LogP contribution in [-0.2, 0) is 9.59 Å².